The van der Waals surface area contributed by atoms with Crippen molar-refractivity contribution in [2.75, 3.05) is 56.7 Å². The highest BCUT2D eigenvalue weighted by Crippen LogP contribution is 2.29. The van der Waals surface area contributed by atoms with E-state index < -0.39 is 30.0 Å². The zero-order chi connectivity index (χ0) is 42.0. The molecule has 0 spiro atoms. The Morgan fingerprint density at radius 3 is 2.50 bits per heavy atom. The maximum absolute atomic E-state index is 13.3. The second kappa shape index (κ2) is 19.1. The topological polar surface area (TPSA) is 184 Å². The summed E-state index contributed by atoms with van der Waals surface area (Å²) in [6.07, 6.45) is -4.15. The van der Waals surface area contributed by atoms with Gasteiger partial charge in [-0.1, -0.05) is 31.5 Å². The standard InChI is InChI=1S/C38H43ClF3N7O9/c1-23(56-22-50)30(53-5)17-48-13-6-14-54-29-12-7-25(15-28(29)39)16-49(18-31-24(2)57-36(52)58-31)34-45-33(46-35(47-34)55-21-38(40,41)42)44-27-10-8-26(9-11-27)32(51)43-19-37(3,4)20-48/h7-12,15,22H,6,13-14,16-21H2,1-5H3,(H,43,51)(H,44,45,46,47)/b30-23-. The maximum Gasteiger partial charge on any atom is 0.519 e. The van der Waals surface area contributed by atoms with E-state index in [-0.39, 0.29) is 54.0 Å². The number of carbonyl (C=O) groups excluding carboxylic acids is 2. The van der Waals surface area contributed by atoms with Gasteiger partial charge in [0.05, 0.1) is 31.8 Å². The van der Waals surface area contributed by atoms with Crippen LogP contribution in [0.2, 0.25) is 5.02 Å². The van der Waals surface area contributed by atoms with Gasteiger partial charge in [0.25, 0.3) is 12.4 Å². The number of halogens is 4. The largest absolute Gasteiger partial charge is 0.519 e. The van der Waals surface area contributed by atoms with Gasteiger partial charge in [-0.15, -0.1) is 0 Å². The van der Waals surface area contributed by atoms with Crippen molar-refractivity contribution < 1.29 is 50.5 Å². The Balaban J connectivity index is 1.52. The van der Waals surface area contributed by atoms with E-state index in [1.54, 1.807) is 49.4 Å². The minimum Gasteiger partial charge on any atom is -0.496 e. The van der Waals surface area contributed by atoms with Gasteiger partial charge in [0.1, 0.15) is 23.0 Å². The molecule has 8 rings (SSSR count). The predicted octanol–water partition coefficient (Wildman–Crippen LogP) is 6.16. The van der Waals surface area contributed by atoms with Gasteiger partial charge in [0.15, 0.2) is 12.4 Å². The molecule has 4 aliphatic rings. The number of methoxy groups -OCH3 is 1. The fourth-order valence-corrected chi connectivity index (χ4v) is 6.14. The lowest BCUT2D eigenvalue weighted by Crippen LogP contribution is -2.43. The van der Waals surface area contributed by atoms with Crippen molar-refractivity contribution in [2.45, 2.75) is 53.4 Å². The van der Waals surface area contributed by atoms with Crippen LogP contribution in [0.1, 0.15) is 54.6 Å². The average molecular weight is 834 g/mol. The van der Waals surface area contributed by atoms with Crippen molar-refractivity contribution in [3.05, 3.63) is 92.3 Å². The number of ether oxygens (including phenoxy) is 4. The lowest BCUT2D eigenvalue weighted by molar-refractivity contribution is -0.154. The normalized spacial score (nSPS) is 16.0. The number of carbonyl (C=O) groups is 2. The molecule has 0 atom stereocenters. The fraction of sp³-hybridized carbons (Fsp3) is 0.421. The Bertz CT molecular complexity index is 2140. The van der Waals surface area contributed by atoms with Gasteiger partial charge >= 0.3 is 18.0 Å². The van der Waals surface area contributed by atoms with Crippen molar-refractivity contribution in [3.8, 4) is 11.8 Å². The van der Waals surface area contributed by atoms with E-state index in [9.17, 15) is 27.6 Å². The quantitative estimate of drug-likeness (QED) is 0.144. The number of hydrogen-bond donors (Lipinski definition) is 2. The molecule has 0 fully saturated rings. The van der Waals surface area contributed by atoms with Crippen molar-refractivity contribution in [1.29, 1.82) is 0 Å². The summed E-state index contributed by atoms with van der Waals surface area (Å²) in [5, 5.41) is 6.19. The van der Waals surface area contributed by atoms with Crippen LogP contribution < -0.4 is 30.8 Å². The van der Waals surface area contributed by atoms with Crippen molar-refractivity contribution in [2.24, 2.45) is 5.41 Å². The molecule has 0 radical (unpaired) electrons. The summed E-state index contributed by atoms with van der Waals surface area (Å²) in [7, 11) is 1.50. The molecule has 16 nitrogen and oxygen atoms in total. The van der Waals surface area contributed by atoms with Crippen LogP contribution in [0, 0.1) is 12.3 Å². The number of nitrogens with one attached hydrogen (secondary N) is 2. The average Bonchev–Trinajstić information content (AvgIpc) is 3.48. The third-order valence-electron chi connectivity index (χ3n) is 8.68. The summed E-state index contributed by atoms with van der Waals surface area (Å²) in [5.74, 6) is -0.159. The lowest BCUT2D eigenvalue weighted by Gasteiger charge is -2.33. The van der Waals surface area contributed by atoms with E-state index in [4.69, 9.17) is 39.4 Å². The van der Waals surface area contributed by atoms with Crippen LogP contribution in [0.25, 0.3) is 0 Å². The van der Waals surface area contributed by atoms with Gasteiger partial charge in [0, 0.05) is 37.4 Å². The minimum absolute atomic E-state index is 0.00757. The third-order valence-corrected chi connectivity index (χ3v) is 8.98. The van der Waals surface area contributed by atoms with Gasteiger partial charge in [-0.2, -0.15) is 28.1 Å². The molecule has 312 valence electrons. The van der Waals surface area contributed by atoms with Crippen LogP contribution in [0.5, 0.6) is 11.8 Å². The monoisotopic (exact) mass is 833 g/mol. The molecule has 6 heterocycles. The smallest absolute Gasteiger partial charge is 0.496 e. The summed E-state index contributed by atoms with van der Waals surface area (Å²) >= 11 is 6.70. The highest BCUT2D eigenvalue weighted by Gasteiger charge is 2.30. The first kappa shape index (κ1) is 43.3. The number of rotatable bonds is 9. The van der Waals surface area contributed by atoms with Crippen molar-refractivity contribution >= 4 is 41.6 Å². The first-order valence-corrected chi connectivity index (χ1v) is 18.3. The van der Waals surface area contributed by atoms with Crippen LogP contribution >= 0.6 is 11.6 Å². The molecule has 6 bridgehead atoms. The molecule has 0 saturated carbocycles. The maximum atomic E-state index is 13.3. The lowest BCUT2D eigenvalue weighted by atomic mass is 9.92. The highest BCUT2D eigenvalue weighted by molar-refractivity contribution is 6.32. The van der Waals surface area contributed by atoms with Gasteiger partial charge in [0.2, 0.25) is 11.9 Å². The second-order valence-corrected chi connectivity index (χ2v) is 14.5. The Morgan fingerprint density at radius 2 is 1.84 bits per heavy atom. The number of aryl methyl sites for hydroxylation is 1. The van der Waals surface area contributed by atoms with Crippen LogP contribution in [0.4, 0.5) is 30.8 Å². The molecule has 0 aliphatic carbocycles. The SMILES string of the molecule is CO/C(CN1CCCOc2ccc(cc2Cl)CN(Cc2oc(=O)oc2C)c2nc(nc(OCC(F)(F)F)n2)Nc2ccc(cc2)C(=O)NCC(C)(C)C1)=C(/C)OC=O. The zero-order valence-corrected chi connectivity index (χ0v) is 33.2. The number of benzene rings is 2. The molecule has 20 heteroatoms. The summed E-state index contributed by atoms with van der Waals surface area (Å²) in [6, 6.07) is 10.7. The minimum atomic E-state index is -4.70. The first-order valence-electron chi connectivity index (χ1n) is 17.9. The van der Waals surface area contributed by atoms with Crippen LogP contribution in [0.3, 0.4) is 0 Å². The Morgan fingerprint density at radius 1 is 1.09 bits per heavy atom. The summed E-state index contributed by atoms with van der Waals surface area (Å²) < 4.78 is 71.6. The van der Waals surface area contributed by atoms with Crippen LogP contribution in [-0.2, 0) is 27.4 Å². The Kier molecular flexibility index (Phi) is 14.2. The number of aromatic nitrogens is 3. The van der Waals surface area contributed by atoms with Gasteiger partial charge in [-0.25, -0.2) is 4.79 Å². The number of alkyl halides is 3. The number of nitrogens with zero attached hydrogens (tertiary/aromatic N) is 5. The van der Waals surface area contributed by atoms with E-state index in [1.807, 2.05) is 13.8 Å². The predicted molar refractivity (Wildman–Crippen MR) is 204 cm³/mol. The molecule has 2 aromatic heterocycles. The Hall–Kier alpha value is -5.82. The van der Waals surface area contributed by atoms with Crippen molar-refractivity contribution in [1.82, 2.24) is 25.2 Å². The molecule has 1 amide bonds. The van der Waals surface area contributed by atoms with Crippen LogP contribution in [-0.4, -0.2) is 84.9 Å². The summed E-state index contributed by atoms with van der Waals surface area (Å²) in [4.78, 5) is 52.6. The highest BCUT2D eigenvalue weighted by atomic mass is 35.5. The number of anilines is 3. The molecule has 0 saturated heterocycles. The summed E-state index contributed by atoms with van der Waals surface area (Å²) in [5.41, 5.74) is 0.898. The molecule has 4 aliphatic heterocycles. The second-order valence-electron chi connectivity index (χ2n) is 14.1. The number of amides is 1. The van der Waals surface area contributed by atoms with Gasteiger partial charge < -0.3 is 43.3 Å². The molecular weight excluding hydrogens is 791 g/mol. The summed E-state index contributed by atoms with van der Waals surface area (Å²) in [6.45, 7) is 7.58. The van der Waals surface area contributed by atoms with Crippen molar-refractivity contribution in [3.63, 3.8) is 0 Å². The molecule has 0 unspecified atom stereocenters. The molecule has 58 heavy (non-hydrogen) atoms. The molecule has 2 aromatic carbocycles. The first-order chi connectivity index (χ1) is 27.5. The van der Waals surface area contributed by atoms with E-state index in [0.29, 0.717) is 73.2 Å². The van der Waals surface area contributed by atoms with E-state index in [0.717, 1.165) is 0 Å². The number of allylic oxidation sites excluding steroid dienone is 1. The fourth-order valence-electron chi connectivity index (χ4n) is 5.89. The number of hydrogen-bond acceptors (Lipinski definition) is 15. The molecule has 4 aromatic rings. The zero-order valence-electron chi connectivity index (χ0n) is 32.4. The van der Waals surface area contributed by atoms with E-state index in [2.05, 4.69) is 30.5 Å². The Labute approximate surface area is 336 Å². The molecule has 2 N–H and O–H groups in total. The van der Waals surface area contributed by atoms with Crippen LogP contribution in [0.15, 0.2) is 67.6 Å². The molecular formula is C38H43ClF3N7O9. The third kappa shape index (κ3) is 12.6. The van der Waals surface area contributed by atoms with Gasteiger partial charge in [-0.3, -0.25) is 14.5 Å². The van der Waals surface area contributed by atoms with E-state index >= 15 is 0 Å². The van der Waals surface area contributed by atoms with Gasteiger partial charge in [-0.05, 0) is 67.6 Å². The van der Waals surface area contributed by atoms with E-state index in [1.165, 1.54) is 18.9 Å².